The number of carbonyl (C=O) groups excluding carboxylic acids is 1. The zero-order valence-electron chi connectivity index (χ0n) is 18.6. The SMILES string of the molecule is Cc1ccccc1-c1nnc(SCC(=O)Nc2c(C(C)C)cccc2C(C)C)n1C. The van der Waals surface area contributed by atoms with Crippen LogP contribution in [0.2, 0.25) is 0 Å². The van der Waals surface area contributed by atoms with Crippen molar-refractivity contribution in [2.24, 2.45) is 7.05 Å². The molecular weight excluding hydrogens is 392 g/mol. The Morgan fingerprint density at radius 1 is 1.00 bits per heavy atom. The van der Waals surface area contributed by atoms with Crippen molar-refractivity contribution < 1.29 is 4.79 Å². The fraction of sp³-hybridized carbons (Fsp3) is 0.375. The Balaban J connectivity index is 1.75. The zero-order valence-corrected chi connectivity index (χ0v) is 19.4. The average Bonchev–Trinajstić information content (AvgIpc) is 3.06. The number of para-hydroxylation sites is 1. The lowest BCUT2D eigenvalue weighted by molar-refractivity contribution is -0.113. The van der Waals surface area contributed by atoms with Crippen LogP contribution in [0.3, 0.4) is 0 Å². The van der Waals surface area contributed by atoms with E-state index in [1.165, 1.54) is 22.9 Å². The van der Waals surface area contributed by atoms with Crippen molar-refractivity contribution >= 4 is 23.4 Å². The molecule has 3 rings (SSSR count). The molecule has 0 spiro atoms. The number of hydrogen-bond donors (Lipinski definition) is 1. The van der Waals surface area contributed by atoms with Gasteiger partial charge in [-0.25, -0.2) is 0 Å². The number of aryl methyl sites for hydroxylation is 1. The first-order valence-electron chi connectivity index (χ1n) is 10.3. The fourth-order valence-electron chi connectivity index (χ4n) is 3.50. The number of aromatic nitrogens is 3. The number of thioether (sulfide) groups is 1. The molecule has 0 aliphatic rings. The van der Waals surface area contributed by atoms with Crippen molar-refractivity contribution in [3.8, 4) is 11.4 Å². The number of rotatable bonds is 7. The highest BCUT2D eigenvalue weighted by atomic mass is 32.2. The van der Waals surface area contributed by atoms with Gasteiger partial charge in [0.1, 0.15) is 0 Å². The summed E-state index contributed by atoms with van der Waals surface area (Å²) < 4.78 is 1.95. The van der Waals surface area contributed by atoms with Crippen molar-refractivity contribution in [2.45, 2.75) is 51.6 Å². The van der Waals surface area contributed by atoms with Crippen LogP contribution in [-0.2, 0) is 11.8 Å². The molecule has 0 atom stereocenters. The summed E-state index contributed by atoms with van der Waals surface area (Å²) in [5, 5.41) is 12.5. The standard InChI is InChI=1S/C24H30N4OS/c1-15(2)18-12-9-13-19(16(3)4)22(18)25-21(29)14-30-24-27-26-23(28(24)6)20-11-8-7-10-17(20)5/h7-13,15-16H,14H2,1-6H3,(H,25,29). The molecule has 1 amide bonds. The minimum absolute atomic E-state index is 0.0320. The van der Waals surface area contributed by atoms with Crippen LogP contribution in [0, 0.1) is 6.92 Å². The smallest absolute Gasteiger partial charge is 0.234 e. The van der Waals surface area contributed by atoms with E-state index in [-0.39, 0.29) is 11.7 Å². The molecule has 3 aromatic rings. The maximum Gasteiger partial charge on any atom is 0.234 e. The highest BCUT2D eigenvalue weighted by Gasteiger charge is 2.18. The molecule has 6 heteroatoms. The Labute approximate surface area is 183 Å². The minimum Gasteiger partial charge on any atom is -0.325 e. The molecule has 0 unspecified atom stereocenters. The lowest BCUT2D eigenvalue weighted by Crippen LogP contribution is -2.18. The number of amides is 1. The molecule has 158 valence electrons. The molecule has 1 aromatic heterocycles. The van der Waals surface area contributed by atoms with Crippen molar-refractivity contribution in [3.63, 3.8) is 0 Å². The second kappa shape index (κ2) is 9.47. The molecule has 1 N–H and O–H groups in total. The molecule has 0 bridgehead atoms. The predicted molar refractivity (Wildman–Crippen MR) is 125 cm³/mol. The molecule has 0 radical (unpaired) electrons. The molecular formula is C24H30N4OS. The normalized spacial score (nSPS) is 11.3. The van der Waals surface area contributed by atoms with Crippen molar-refractivity contribution in [1.82, 2.24) is 14.8 Å². The van der Waals surface area contributed by atoms with Gasteiger partial charge in [0, 0.05) is 18.3 Å². The van der Waals surface area contributed by atoms with Crippen LogP contribution < -0.4 is 5.32 Å². The van der Waals surface area contributed by atoms with Gasteiger partial charge in [0.05, 0.1) is 5.75 Å². The summed E-state index contributed by atoms with van der Waals surface area (Å²) in [5.41, 5.74) is 5.48. The Kier molecular flexibility index (Phi) is 6.98. The van der Waals surface area contributed by atoms with E-state index >= 15 is 0 Å². The Bertz CT molecular complexity index is 1010. The fourth-order valence-corrected chi connectivity index (χ4v) is 4.21. The van der Waals surface area contributed by atoms with Gasteiger partial charge in [-0.2, -0.15) is 0 Å². The number of nitrogens with zero attached hydrogens (tertiary/aromatic N) is 3. The van der Waals surface area contributed by atoms with Crippen molar-refractivity contribution in [3.05, 3.63) is 59.2 Å². The van der Waals surface area contributed by atoms with E-state index in [1.54, 1.807) is 0 Å². The summed E-state index contributed by atoms with van der Waals surface area (Å²) in [6, 6.07) is 14.4. The van der Waals surface area contributed by atoms with E-state index in [9.17, 15) is 4.79 Å². The molecule has 0 aliphatic carbocycles. The number of nitrogens with one attached hydrogen (secondary N) is 1. The van der Waals surface area contributed by atoms with Crippen molar-refractivity contribution in [2.75, 3.05) is 11.1 Å². The third kappa shape index (κ3) is 4.75. The predicted octanol–water partition coefficient (Wildman–Crippen LogP) is 5.77. The summed E-state index contributed by atoms with van der Waals surface area (Å²) in [6.45, 7) is 10.7. The highest BCUT2D eigenvalue weighted by molar-refractivity contribution is 7.99. The number of carbonyl (C=O) groups is 1. The van der Waals surface area contributed by atoms with Gasteiger partial charge >= 0.3 is 0 Å². The summed E-state index contributed by atoms with van der Waals surface area (Å²) in [7, 11) is 1.94. The van der Waals surface area contributed by atoms with Crippen LogP contribution >= 0.6 is 11.8 Å². The van der Waals surface area contributed by atoms with E-state index in [0.29, 0.717) is 11.8 Å². The second-order valence-electron chi connectivity index (χ2n) is 8.14. The summed E-state index contributed by atoms with van der Waals surface area (Å²) in [6.07, 6.45) is 0. The van der Waals surface area contributed by atoms with Gasteiger partial charge in [-0.1, -0.05) is 81.9 Å². The topological polar surface area (TPSA) is 59.8 Å². The van der Waals surface area contributed by atoms with Crippen molar-refractivity contribution in [1.29, 1.82) is 0 Å². The van der Waals surface area contributed by atoms with E-state index in [4.69, 9.17) is 0 Å². The lowest BCUT2D eigenvalue weighted by Gasteiger charge is -2.20. The Morgan fingerprint density at radius 2 is 1.63 bits per heavy atom. The van der Waals surface area contributed by atoms with E-state index < -0.39 is 0 Å². The van der Waals surface area contributed by atoms with Gasteiger partial charge in [-0.15, -0.1) is 10.2 Å². The van der Waals surface area contributed by atoms with Gasteiger partial charge in [0.2, 0.25) is 5.91 Å². The zero-order chi connectivity index (χ0) is 21.8. The molecule has 5 nitrogen and oxygen atoms in total. The van der Waals surface area contributed by atoms with Crippen LogP contribution in [0.25, 0.3) is 11.4 Å². The molecule has 0 saturated carbocycles. The number of benzene rings is 2. The van der Waals surface area contributed by atoms with Crippen LogP contribution in [-0.4, -0.2) is 26.4 Å². The summed E-state index contributed by atoms with van der Waals surface area (Å²) in [5.74, 6) is 1.73. The highest BCUT2D eigenvalue weighted by Crippen LogP contribution is 2.33. The quantitative estimate of drug-likeness (QED) is 0.491. The molecule has 1 heterocycles. The summed E-state index contributed by atoms with van der Waals surface area (Å²) in [4.78, 5) is 12.8. The maximum absolute atomic E-state index is 12.8. The molecule has 2 aromatic carbocycles. The number of hydrogen-bond acceptors (Lipinski definition) is 4. The van der Waals surface area contributed by atoms with Gasteiger partial charge in [-0.3, -0.25) is 4.79 Å². The first-order chi connectivity index (χ1) is 14.3. The third-order valence-corrected chi connectivity index (χ3v) is 6.21. The van der Waals surface area contributed by atoms with Crippen LogP contribution in [0.1, 0.15) is 56.2 Å². The van der Waals surface area contributed by atoms with Gasteiger partial charge in [-0.05, 0) is 35.4 Å². The second-order valence-corrected chi connectivity index (χ2v) is 9.08. The molecule has 0 fully saturated rings. The maximum atomic E-state index is 12.8. The Hall–Kier alpha value is -2.60. The number of anilines is 1. The largest absolute Gasteiger partial charge is 0.325 e. The van der Waals surface area contributed by atoms with E-state index in [1.807, 2.05) is 29.8 Å². The monoisotopic (exact) mass is 422 g/mol. The first kappa shape index (κ1) is 22.1. The summed E-state index contributed by atoms with van der Waals surface area (Å²) >= 11 is 1.40. The van der Waals surface area contributed by atoms with E-state index in [2.05, 4.69) is 74.4 Å². The molecule has 30 heavy (non-hydrogen) atoms. The van der Waals surface area contributed by atoms with Gasteiger partial charge in [0.25, 0.3) is 0 Å². The third-order valence-electron chi connectivity index (χ3n) is 5.19. The van der Waals surface area contributed by atoms with Crippen LogP contribution in [0.5, 0.6) is 0 Å². The van der Waals surface area contributed by atoms with Gasteiger partial charge < -0.3 is 9.88 Å². The minimum atomic E-state index is -0.0320. The van der Waals surface area contributed by atoms with Crippen LogP contribution in [0.15, 0.2) is 47.6 Å². The first-order valence-corrected chi connectivity index (χ1v) is 11.3. The molecule has 0 aliphatic heterocycles. The van der Waals surface area contributed by atoms with E-state index in [0.717, 1.165) is 27.8 Å². The lowest BCUT2D eigenvalue weighted by atomic mass is 9.92. The van der Waals surface area contributed by atoms with Crippen LogP contribution in [0.4, 0.5) is 5.69 Å². The average molecular weight is 423 g/mol. The van der Waals surface area contributed by atoms with Gasteiger partial charge in [0.15, 0.2) is 11.0 Å². The Morgan fingerprint density at radius 3 is 2.23 bits per heavy atom. The molecule has 0 saturated heterocycles.